The molecular weight excluding hydrogens is 308 g/mol. The Hall–Kier alpha value is -2.31. The Kier molecular flexibility index (Phi) is 5.78. The monoisotopic (exact) mass is 326 g/mol. The van der Waals surface area contributed by atoms with Gasteiger partial charge in [0.1, 0.15) is 0 Å². The van der Waals surface area contributed by atoms with E-state index in [2.05, 4.69) is 6.07 Å². The molecule has 0 spiro atoms. The lowest BCUT2D eigenvalue weighted by atomic mass is 10.0. The molecule has 4 heteroatoms. The Morgan fingerprint density at radius 2 is 1.96 bits per heavy atom. The van der Waals surface area contributed by atoms with Crippen molar-refractivity contribution in [3.8, 4) is 6.07 Å². The van der Waals surface area contributed by atoms with Crippen molar-refractivity contribution in [2.75, 3.05) is 7.05 Å². The van der Waals surface area contributed by atoms with Crippen molar-refractivity contribution in [1.82, 2.24) is 4.90 Å². The van der Waals surface area contributed by atoms with Crippen molar-refractivity contribution < 1.29 is 4.79 Å². The minimum Gasteiger partial charge on any atom is -0.339 e. The third kappa shape index (κ3) is 4.58. The molecule has 0 heterocycles. The van der Waals surface area contributed by atoms with E-state index in [4.69, 9.17) is 16.9 Å². The van der Waals surface area contributed by atoms with Crippen molar-refractivity contribution in [3.63, 3.8) is 0 Å². The number of carbonyl (C=O) groups is 1. The topological polar surface area (TPSA) is 44.1 Å². The molecule has 2 rings (SSSR count). The maximum Gasteiger partial charge on any atom is 0.223 e. The number of hydrogen-bond acceptors (Lipinski definition) is 2. The zero-order chi connectivity index (χ0) is 16.8. The summed E-state index contributed by atoms with van der Waals surface area (Å²) in [4.78, 5) is 14.1. The highest BCUT2D eigenvalue weighted by Gasteiger charge is 2.17. The Bertz CT molecular complexity index is 719. The second kappa shape index (κ2) is 7.80. The average molecular weight is 327 g/mol. The molecule has 0 radical (unpaired) electrons. The third-order valence-corrected chi connectivity index (χ3v) is 4.25. The lowest BCUT2D eigenvalue weighted by Crippen LogP contribution is -2.29. The number of halogens is 1. The van der Waals surface area contributed by atoms with Crippen molar-refractivity contribution >= 4 is 17.5 Å². The molecule has 1 unspecified atom stereocenters. The number of amides is 1. The van der Waals surface area contributed by atoms with Gasteiger partial charge in [0.2, 0.25) is 5.91 Å². The zero-order valence-electron chi connectivity index (χ0n) is 13.3. The van der Waals surface area contributed by atoms with Crippen LogP contribution in [0.3, 0.4) is 0 Å². The quantitative estimate of drug-likeness (QED) is 0.819. The van der Waals surface area contributed by atoms with E-state index >= 15 is 0 Å². The normalized spacial score (nSPS) is 11.6. The first kappa shape index (κ1) is 17.1. The molecule has 0 aromatic heterocycles. The number of carbonyl (C=O) groups excluding carboxylic acids is 1. The predicted molar refractivity (Wildman–Crippen MR) is 92.1 cm³/mol. The van der Waals surface area contributed by atoms with E-state index in [1.54, 1.807) is 17.0 Å². The number of nitrogens with zero attached hydrogens (tertiary/aromatic N) is 2. The van der Waals surface area contributed by atoms with Gasteiger partial charge in [-0.2, -0.15) is 5.26 Å². The standard InChI is InChI=1S/C19H19ClN2O/c1-14(17-4-3-5-18(20)12-17)22(2)19(23)11-10-15-6-8-16(13-21)9-7-15/h3-9,12,14H,10-11H2,1-2H3. The summed E-state index contributed by atoms with van der Waals surface area (Å²) in [5.74, 6) is 0.0850. The molecule has 0 saturated heterocycles. The number of aryl methyl sites for hydroxylation is 1. The van der Waals surface area contributed by atoms with Gasteiger partial charge in [-0.15, -0.1) is 0 Å². The third-order valence-electron chi connectivity index (χ3n) is 4.02. The fraction of sp³-hybridized carbons (Fsp3) is 0.263. The Morgan fingerprint density at radius 1 is 1.26 bits per heavy atom. The van der Waals surface area contributed by atoms with Gasteiger partial charge in [0.15, 0.2) is 0 Å². The maximum absolute atomic E-state index is 12.4. The second-order valence-electron chi connectivity index (χ2n) is 5.54. The Labute approximate surface area is 142 Å². The first-order valence-electron chi connectivity index (χ1n) is 7.51. The molecule has 1 atom stereocenters. The van der Waals surface area contributed by atoms with E-state index in [-0.39, 0.29) is 11.9 Å². The van der Waals surface area contributed by atoms with E-state index in [0.29, 0.717) is 23.4 Å². The summed E-state index contributed by atoms with van der Waals surface area (Å²) < 4.78 is 0. The van der Waals surface area contributed by atoms with Gasteiger partial charge >= 0.3 is 0 Å². The summed E-state index contributed by atoms with van der Waals surface area (Å²) in [6, 6.07) is 17.0. The molecule has 0 fully saturated rings. The Morgan fingerprint density at radius 3 is 2.57 bits per heavy atom. The number of rotatable bonds is 5. The fourth-order valence-electron chi connectivity index (χ4n) is 2.38. The minimum atomic E-state index is -0.0258. The van der Waals surface area contributed by atoms with Gasteiger partial charge in [0.25, 0.3) is 0 Å². The number of nitriles is 1. The van der Waals surface area contributed by atoms with Crippen LogP contribution in [-0.4, -0.2) is 17.9 Å². The van der Waals surface area contributed by atoms with Gasteiger partial charge in [-0.05, 0) is 48.7 Å². The minimum absolute atomic E-state index is 0.0258. The van der Waals surface area contributed by atoms with Gasteiger partial charge in [0.05, 0.1) is 17.7 Å². The summed E-state index contributed by atoms with van der Waals surface area (Å²) in [6.45, 7) is 1.99. The molecule has 0 aliphatic rings. The molecule has 23 heavy (non-hydrogen) atoms. The van der Waals surface area contributed by atoms with Gasteiger partial charge in [-0.3, -0.25) is 4.79 Å². The molecule has 1 amide bonds. The smallest absolute Gasteiger partial charge is 0.223 e. The first-order valence-corrected chi connectivity index (χ1v) is 7.89. The van der Waals surface area contributed by atoms with Crippen molar-refractivity contribution in [1.29, 1.82) is 5.26 Å². The molecule has 2 aromatic carbocycles. The van der Waals surface area contributed by atoms with E-state index in [1.807, 2.05) is 50.4 Å². The van der Waals surface area contributed by atoms with Gasteiger partial charge in [-0.1, -0.05) is 35.9 Å². The highest BCUT2D eigenvalue weighted by Crippen LogP contribution is 2.22. The number of hydrogen-bond donors (Lipinski definition) is 0. The summed E-state index contributed by atoms with van der Waals surface area (Å²) in [5.41, 5.74) is 2.71. The maximum atomic E-state index is 12.4. The van der Waals surface area contributed by atoms with Crippen LogP contribution in [0, 0.1) is 11.3 Å². The van der Waals surface area contributed by atoms with Crippen LogP contribution in [0.2, 0.25) is 5.02 Å². The first-order chi connectivity index (χ1) is 11.0. The van der Waals surface area contributed by atoms with Crippen molar-refractivity contribution in [3.05, 3.63) is 70.2 Å². The van der Waals surface area contributed by atoms with E-state index in [0.717, 1.165) is 11.1 Å². The average Bonchev–Trinajstić information content (AvgIpc) is 2.58. The summed E-state index contributed by atoms with van der Waals surface area (Å²) in [7, 11) is 1.81. The SMILES string of the molecule is CC(c1cccc(Cl)c1)N(C)C(=O)CCc1ccc(C#N)cc1. The van der Waals surface area contributed by atoms with Crippen LogP contribution in [0.1, 0.15) is 36.1 Å². The molecule has 0 N–H and O–H groups in total. The molecule has 118 valence electrons. The predicted octanol–water partition coefficient (Wildman–Crippen LogP) is 4.36. The van der Waals surface area contributed by atoms with Crippen molar-refractivity contribution in [2.24, 2.45) is 0 Å². The van der Waals surface area contributed by atoms with Crippen LogP contribution in [0.25, 0.3) is 0 Å². The molecular formula is C19H19ClN2O. The van der Waals surface area contributed by atoms with Crippen LogP contribution in [0.5, 0.6) is 0 Å². The lowest BCUT2D eigenvalue weighted by Gasteiger charge is -2.25. The van der Waals surface area contributed by atoms with Gasteiger partial charge in [0, 0.05) is 18.5 Å². The van der Waals surface area contributed by atoms with Crippen LogP contribution in [0.15, 0.2) is 48.5 Å². The highest BCUT2D eigenvalue weighted by atomic mass is 35.5. The number of benzene rings is 2. The summed E-state index contributed by atoms with van der Waals surface area (Å²) in [6.07, 6.45) is 1.10. The van der Waals surface area contributed by atoms with Crippen LogP contribution in [-0.2, 0) is 11.2 Å². The van der Waals surface area contributed by atoms with Crippen LogP contribution < -0.4 is 0 Å². The van der Waals surface area contributed by atoms with E-state index < -0.39 is 0 Å². The molecule has 3 nitrogen and oxygen atoms in total. The second-order valence-corrected chi connectivity index (χ2v) is 5.98. The molecule has 0 aliphatic heterocycles. The van der Waals surface area contributed by atoms with E-state index in [9.17, 15) is 4.79 Å². The molecule has 0 bridgehead atoms. The van der Waals surface area contributed by atoms with Crippen molar-refractivity contribution in [2.45, 2.75) is 25.8 Å². The van der Waals surface area contributed by atoms with Crippen LogP contribution in [0.4, 0.5) is 0 Å². The highest BCUT2D eigenvalue weighted by molar-refractivity contribution is 6.30. The van der Waals surface area contributed by atoms with Crippen LogP contribution >= 0.6 is 11.6 Å². The summed E-state index contributed by atoms with van der Waals surface area (Å²) in [5, 5.41) is 9.46. The molecule has 0 aliphatic carbocycles. The zero-order valence-corrected chi connectivity index (χ0v) is 14.0. The Balaban J connectivity index is 1.95. The van der Waals surface area contributed by atoms with Gasteiger partial charge in [-0.25, -0.2) is 0 Å². The van der Waals surface area contributed by atoms with E-state index in [1.165, 1.54) is 0 Å². The molecule has 2 aromatic rings. The molecule has 0 saturated carbocycles. The summed E-state index contributed by atoms with van der Waals surface area (Å²) >= 11 is 6.01. The largest absolute Gasteiger partial charge is 0.339 e. The van der Waals surface area contributed by atoms with Gasteiger partial charge < -0.3 is 4.90 Å². The fourth-order valence-corrected chi connectivity index (χ4v) is 2.58. The lowest BCUT2D eigenvalue weighted by molar-refractivity contribution is -0.131.